The van der Waals surface area contributed by atoms with Crippen molar-refractivity contribution in [2.75, 3.05) is 31.2 Å². The lowest BCUT2D eigenvalue weighted by atomic mass is 10.2. The van der Waals surface area contributed by atoms with Crippen LogP contribution in [0.2, 0.25) is 0 Å². The number of rotatable bonds is 4. The van der Waals surface area contributed by atoms with Gasteiger partial charge < -0.3 is 15.0 Å². The SMILES string of the molecule is Cc1nc(C(=O)NCc2cccnc2)cc(N2CCOCC2)n1. The molecule has 23 heavy (non-hydrogen) atoms. The number of pyridine rings is 1. The third-order valence-corrected chi connectivity index (χ3v) is 3.57. The standard InChI is InChI=1S/C16H19N5O2/c1-12-19-14(9-15(20-12)21-5-7-23-8-6-21)16(22)18-11-13-3-2-4-17-10-13/h2-4,9-10H,5-8,11H2,1H3,(H,18,22). The molecule has 7 nitrogen and oxygen atoms in total. The van der Waals surface area contributed by atoms with Crippen LogP contribution >= 0.6 is 0 Å². The first-order valence-corrected chi connectivity index (χ1v) is 7.58. The number of ether oxygens (including phenoxy) is 1. The van der Waals surface area contributed by atoms with E-state index in [0.29, 0.717) is 31.3 Å². The number of amides is 1. The first-order chi connectivity index (χ1) is 11.2. The van der Waals surface area contributed by atoms with Crippen molar-refractivity contribution in [3.8, 4) is 0 Å². The van der Waals surface area contributed by atoms with E-state index in [1.807, 2.05) is 12.1 Å². The molecular formula is C16H19N5O2. The largest absolute Gasteiger partial charge is 0.378 e. The summed E-state index contributed by atoms with van der Waals surface area (Å²) in [5, 5.41) is 2.86. The van der Waals surface area contributed by atoms with Crippen LogP contribution in [0.4, 0.5) is 5.82 Å². The maximum atomic E-state index is 12.3. The predicted molar refractivity (Wildman–Crippen MR) is 85.2 cm³/mol. The minimum atomic E-state index is -0.214. The number of carbonyl (C=O) groups is 1. The van der Waals surface area contributed by atoms with Gasteiger partial charge in [-0.15, -0.1) is 0 Å². The lowest BCUT2D eigenvalue weighted by molar-refractivity contribution is 0.0945. The van der Waals surface area contributed by atoms with Crippen LogP contribution in [0.1, 0.15) is 21.9 Å². The Morgan fingerprint density at radius 1 is 1.35 bits per heavy atom. The summed E-state index contributed by atoms with van der Waals surface area (Å²) in [6.45, 7) is 5.10. The third-order valence-electron chi connectivity index (χ3n) is 3.57. The zero-order valence-corrected chi connectivity index (χ0v) is 13.0. The van der Waals surface area contributed by atoms with Crippen LogP contribution in [0.25, 0.3) is 0 Å². The van der Waals surface area contributed by atoms with Gasteiger partial charge in [0.25, 0.3) is 5.91 Å². The van der Waals surface area contributed by atoms with E-state index >= 15 is 0 Å². The van der Waals surface area contributed by atoms with Gasteiger partial charge in [-0.05, 0) is 18.6 Å². The molecule has 0 spiro atoms. The smallest absolute Gasteiger partial charge is 0.270 e. The highest BCUT2D eigenvalue weighted by molar-refractivity contribution is 5.92. The quantitative estimate of drug-likeness (QED) is 0.905. The molecular weight excluding hydrogens is 294 g/mol. The van der Waals surface area contributed by atoms with Crippen LogP contribution in [0.15, 0.2) is 30.6 Å². The molecule has 0 atom stereocenters. The van der Waals surface area contributed by atoms with E-state index in [9.17, 15) is 4.79 Å². The van der Waals surface area contributed by atoms with Crippen LogP contribution in [0, 0.1) is 6.92 Å². The Morgan fingerprint density at radius 2 is 2.17 bits per heavy atom. The molecule has 3 rings (SSSR count). The zero-order valence-electron chi connectivity index (χ0n) is 13.0. The monoisotopic (exact) mass is 313 g/mol. The number of aryl methyl sites for hydroxylation is 1. The molecule has 0 aliphatic carbocycles. The number of aromatic nitrogens is 3. The number of hydrogen-bond acceptors (Lipinski definition) is 6. The lowest BCUT2D eigenvalue weighted by Crippen LogP contribution is -2.37. The molecule has 1 N–H and O–H groups in total. The van der Waals surface area contributed by atoms with Gasteiger partial charge in [0.15, 0.2) is 0 Å². The third kappa shape index (κ3) is 4.01. The Kier molecular flexibility index (Phi) is 4.77. The molecule has 0 radical (unpaired) electrons. The summed E-state index contributed by atoms with van der Waals surface area (Å²) < 4.78 is 5.35. The Hall–Kier alpha value is -2.54. The summed E-state index contributed by atoms with van der Waals surface area (Å²) >= 11 is 0. The van der Waals surface area contributed by atoms with E-state index in [1.165, 1.54) is 0 Å². The van der Waals surface area contributed by atoms with Crippen molar-refractivity contribution in [1.82, 2.24) is 20.3 Å². The predicted octanol–water partition coefficient (Wildman–Crippen LogP) is 0.947. The summed E-state index contributed by atoms with van der Waals surface area (Å²) in [7, 11) is 0. The van der Waals surface area contributed by atoms with Gasteiger partial charge in [0.1, 0.15) is 17.3 Å². The van der Waals surface area contributed by atoms with Crippen LogP contribution in [-0.4, -0.2) is 47.2 Å². The number of nitrogens with one attached hydrogen (secondary N) is 1. The van der Waals surface area contributed by atoms with Crippen molar-refractivity contribution in [3.63, 3.8) is 0 Å². The van der Waals surface area contributed by atoms with Gasteiger partial charge in [0.05, 0.1) is 13.2 Å². The van der Waals surface area contributed by atoms with E-state index in [2.05, 4.69) is 25.2 Å². The first kappa shape index (κ1) is 15.4. The van der Waals surface area contributed by atoms with Gasteiger partial charge >= 0.3 is 0 Å². The van der Waals surface area contributed by atoms with Crippen molar-refractivity contribution >= 4 is 11.7 Å². The topological polar surface area (TPSA) is 80.2 Å². The number of anilines is 1. The number of nitrogens with zero attached hydrogens (tertiary/aromatic N) is 4. The van der Waals surface area contributed by atoms with E-state index in [0.717, 1.165) is 24.5 Å². The van der Waals surface area contributed by atoms with Crippen LogP contribution < -0.4 is 10.2 Å². The summed E-state index contributed by atoms with van der Waals surface area (Å²) in [4.78, 5) is 27.1. The minimum absolute atomic E-state index is 0.214. The molecule has 0 aromatic carbocycles. The second-order valence-electron chi connectivity index (χ2n) is 5.30. The minimum Gasteiger partial charge on any atom is -0.378 e. The molecule has 2 aromatic heterocycles. The average Bonchev–Trinajstić information content (AvgIpc) is 2.61. The molecule has 1 amide bonds. The van der Waals surface area contributed by atoms with Crippen LogP contribution in [-0.2, 0) is 11.3 Å². The van der Waals surface area contributed by atoms with E-state index in [-0.39, 0.29) is 5.91 Å². The van der Waals surface area contributed by atoms with Gasteiger partial charge in [-0.1, -0.05) is 6.07 Å². The Balaban J connectivity index is 1.71. The van der Waals surface area contributed by atoms with Gasteiger partial charge in [-0.25, -0.2) is 9.97 Å². The van der Waals surface area contributed by atoms with E-state index < -0.39 is 0 Å². The van der Waals surface area contributed by atoms with Gasteiger partial charge in [0, 0.05) is 38.1 Å². The summed E-state index contributed by atoms with van der Waals surface area (Å²) in [6, 6.07) is 5.49. The molecule has 120 valence electrons. The number of morpholine rings is 1. The first-order valence-electron chi connectivity index (χ1n) is 7.58. The molecule has 7 heteroatoms. The Morgan fingerprint density at radius 3 is 2.91 bits per heavy atom. The van der Waals surface area contributed by atoms with Crippen molar-refractivity contribution in [3.05, 3.63) is 47.7 Å². The van der Waals surface area contributed by atoms with Crippen LogP contribution in [0.5, 0.6) is 0 Å². The van der Waals surface area contributed by atoms with Gasteiger partial charge in [-0.2, -0.15) is 0 Å². The Labute approximate surface area is 134 Å². The number of hydrogen-bond donors (Lipinski definition) is 1. The fourth-order valence-electron chi connectivity index (χ4n) is 2.40. The molecule has 1 saturated heterocycles. The molecule has 0 unspecified atom stereocenters. The lowest BCUT2D eigenvalue weighted by Gasteiger charge is -2.28. The van der Waals surface area contributed by atoms with E-state index in [1.54, 1.807) is 25.4 Å². The zero-order chi connectivity index (χ0) is 16.1. The highest BCUT2D eigenvalue weighted by Gasteiger charge is 2.16. The van der Waals surface area contributed by atoms with Gasteiger partial charge in [0.2, 0.25) is 0 Å². The van der Waals surface area contributed by atoms with Crippen molar-refractivity contribution in [2.24, 2.45) is 0 Å². The molecule has 1 fully saturated rings. The maximum absolute atomic E-state index is 12.3. The van der Waals surface area contributed by atoms with E-state index in [4.69, 9.17) is 4.74 Å². The van der Waals surface area contributed by atoms with Crippen LogP contribution in [0.3, 0.4) is 0 Å². The Bertz CT molecular complexity index is 671. The molecule has 0 saturated carbocycles. The second kappa shape index (κ2) is 7.15. The molecule has 1 aliphatic heterocycles. The van der Waals surface area contributed by atoms with Crippen molar-refractivity contribution in [2.45, 2.75) is 13.5 Å². The number of carbonyl (C=O) groups excluding carboxylic acids is 1. The summed E-state index contributed by atoms with van der Waals surface area (Å²) in [5.74, 6) is 1.14. The average molecular weight is 313 g/mol. The van der Waals surface area contributed by atoms with Crippen molar-refractivity contribution < 1.29 is 9.53 Å². The summed E-state index contributed by atoms with van der Waals surface area (Å²) in [6.07, 6.45) is 3.43. The highest BCUT2D eigenvalue weighted by Crippen LogP contribution is 2.14. The highest BCUT2D eigenvalue weighted by atomic mass is 16.5. The molecule has 1 aliphatic rings. The molecule has 0 bridgehead atoms. The normalized spacial score (nSPS) is 14.6. The fourth-order valence-corrected chi connectivity index (χ4v) is 2.40. The van der Waals surface area contributed by atoms with Gasteiger partial charge in [-0.3, -0.25) is 9.78 Å². The molecule has 3 heterocycles. The fraction of sp³-hybridized carbons (Fsp3) is 0.375. The summed E-state index contributed by atoms with van der Waals surface area (Å²) in [5.41, 5.74) is 1.32. The van der Waals surface area contributed by atoms with Crippen molar-refractivity contribution in [1.29, 1.82) is 0 Å². The second-order valence-corrected chi connectivity index (χ2v) is 5.30. The maximum Gasteiger partial charge on any atom is 0.270 e. The molecule has 2 aromatic rings.